The monoisotopic (exact) mass is 229 g/mol. The van der Waals surface area contributed by atoms with Gasteiger partial charge in [0, 0.05) is 15.9 Å². The van der Waals surface area contributed by atoms with Gasteiger partial charge < -0.3 is 5.11 Å². The number of aryl methyl sites for hydroxylation is 1. The molecule has 1 amide bonds. The molecule has 0 heterocycles. The number of hydrogen-bond acceptors (Lipinski definition) is 3. The largest absolute Gasteiger partial charge is 0.464 e. The number of carboxylic acid groups (broad SMARTS) is 1. The molecule has 0 aromatic heterocycles. The van der Waals surface area contributed by atoms with Gasteiger partial charge in [-0.25, -0.2) is 4.79 Å². The van der Waals surface area contributed by atoms with Crippen molar-refractivity contribution in [3.8, 4) is 0 Å². The molecule has 0 bridgehead atoms. The Hall–Kier alpha value is -0.810. The lowest BCUT2D eigenvalue weighted by Crippen LogP contribution is -2.09. The first-order valence-electron chi connectivity index (χ1n) is 4.14. The van der Waals surface area contributed by atoms with E-state index in [1.54, 1.807) is 0 Å². The van der Waals surface area contributed by atoms with Crippen LogP contribution in [0.25, 0.3) is 0 Å². The molecule has 0 aliphatic rings. The van der Waals surface area contributed by atoms with E-state index in [4.69, 9.17) is 5.11 Å². The summed E-state index contributed by atoms with van der Waals surface area (Å²) in [5.74, 6) is 0. The summed E-state index contributed by atoms with van der Waals surface area (Å²) < 4.78 is 2.24. The van der Waals surface area contributed by atoms with E-state index < -0.39 is 6.09 Å². The molecule has 0 saturated carbocycles. The van der Waals surface area contributed by atoms with Gasteiger partial charge in [0.25, 0.3) is 0 Å². The molecule has 0 fully saturated rings. The van der Waals surface area contributed by atoms with Gasteiger partial charge in [0.05, 0.1) is 0 Å². The topological polar surface area (TPSA) is 49.3 Å². The zero-order valence-electron chi connectivity index (χ0n) is 7.69. The maximum absolute atomic E-state index is 10.2. The van der Waals surface area contributed by atoms with Gasteiger partial charge in [-0.05, 0) is 28.8 Å². The van der Waals surface area contributed by atoms with Crippen LogP contribution in [0, 0.1) is 0 Å². The summed E-state index contributed by atoms with van der Waals surface area (Å²) in [4.78, 5) is 11.3. The van der Waals surface area contributed by atoms with E-state index in [0.717, 1.165) is 22.3 Å². The SMILES string of the molecule is CCc1ccccc1SSNC(=O)O. The van der Waals surface area contributed by atoms with Gasteiger partial charge in [-0.3, -0.25) is 4.72 Å². The van der Waals surface area contributed by atoms with E-state index in [9.17, 15) is 4.79 Å². The van der Waals surface area contributed by atoms with Crippen molar-refractivity contribution in [3.63, 3.8) is 0 Å². The molecule has 1 aromatic carbocycles. The molecule has 1 rings (SSSR count). The van der Waals surface area contributed by atoms with Crippen molar-refractivity contribution in [3.05, 3.63) is 29.8 Å². The normalized spacial score (nSPS) is 9.79. The van der Waals surface area contributed by atoms with Crippen LogP contribution in [-0.2, 0) is 6.42 Å². The molecular formula is C9H11NO2S2. The molecule has 0 saturated heterocycles. The quantitative estimate of drug-likeness (QED) is 0.615. The highest BCUT2D eigenvalue weighted by molar-refractivity contribution is 8.76. The lowest BCUT2D eigenvalue weighted by molar-refractivity contribution is 0.202. The molecule has 3 nitrogen and oxygen atoms in total. The Bertz CT molecular complexity index is 317. The first kappa shape index (κ1) is 11.3. The summed E-state index contributed by atoms with van der Waals surface area (Å²) >= 11 is 0. The van der Waals surface area contributed by atoms with Crippen LogP contribution >= 0.6 is 21.8 Å². The zero-order valence-corrected chi connectivity index (χ0v) is 9.32. The Morgan fingerprint density at radius 3 is 2.86 bits per heavy atom. The molecular weight excluding hydrogens is 218 g/mol. The van der Waals surface area contributed by atoms with Crippen LogP contribution in [0.2, 0.25) is 0 Å². The zero-order chi connectivity index (χ0) is 10.4. The third-order valence-corrected chi connectivity index (χ3v) is 3.57. The summed E-state index contributed by atoms with van der Waals surface area (Å²) in [6.07, 6.45) is -0.0620. The van der Waals surface area contributed by atoms with E-state index in [2.05, 4.69) is 11.6 Å². The van der Waals surface area contributed by atoms with Crippen molar-refractivity contribution < 1.29 is 9.90 Å². The van der Waals surface area contributed by atoms with Crippen molar-refractivity contribution >= 4 is 27.9 Å². The molecule has 0 radical (unpaired) electrons. The van der Waals surface area contributed by atoms with Gasteiger partial charge in [-0.1, -0.05) is 25.1 Å². The van der Waals surface area contributed by atoms with Crippen molar-refractivity contribution in [1.82, 2.24) is 4.72 Å². The van der Waals surface area contributed by atoms with Crippen LogP contribution in [0.15, 0.2) is 29.2 Å². The standard InChI is InChI=1S/C9H11NO2S2/c1-2-7-5-3-4-6-8(7)13-14-10-9(11)12/h3-6,10H,2H2,1H3,(H,11,12). The highest BCUT2D eigenvalue weighted by Gasteiger charge is 2.01. The lowest BCUT2D eigenvalue weighted by Gasteiger charge is -2.05. The highest BCUT2D eigenvalue weighted by Crippen LogP contribution is 2.31. The van der Waals surface area contributed by atoms with Crippen LogP contribution in [0.1, 0.15) is 12.5 Å². The number of amides is 1. The van der Waals surface area contributed by atoms with E-state index in [-0.39, 0.29) is 0 Å². The molecule has 0 aliphatic heterocycles. The third kappa shape index (κ3) is 3.51. The maximum Gasteiger partial charge on any atom is 0.415 e. The number of hydrogen-bond donors (Lipinski definition) is 2. The molecule has 5 heteroatoms. The second kappa shape index (κ2) is 5.82. The van der Waals surface area contributed by atoms with E-state index >= 15 is 0 Å². The molecule has 14 heavy (non-hydrogen) atoms. The Morgan fingerprint density at radius 2 is 2.21 bits per heavy atom. The fourth-order valence-corrected chi connectivity index (χ4v) is 2.73. The van der Waals surface area contributed by atoms with Crippen molar-refractivity contribution in [2.24, 2.45) is 0 Å². The fraction of sp³-hybridized carbons (Fsp3) is 0.222. The van der Waals surface area contributed by atoms with Gasteiger partial charge in [0.1, 0.15) is 0 Å². The summed E-state index contributed by atoms with van der Waals surface area (Å²) in [5, 5.41) is 8.37. The van der Waals surface area contributed by atoms with E-state index in [1.807, 2.05) is 24.3 Å². The second-order valence-electron chi connectivity index (χ2n) is 2.54. The predicted molar refractivity (Wildman–Crippen MR) is 60.4 cm³/mol. The molecule has 1 aromatic rings. The maximum atomic E-state index is 10.2. The summed E-state index contributed by atoms with van der Waals surface area (Å²) in [6, 6.07) is 7.96. The summed E-state index contributed by atoms with van der Waals surface area (Å²) in [6.45, 7) is 2.08. The summed E-state index contributed by atoms with van der Waals surface area (Å²) in [5.41, 5.74) is 1.23. The summed E-state index contributed by atoms with van der Waals surface area (Å²) in [7, 11) is 2.54. The molecule has 0 spiro atoms. The van der Waals surface area contributed by atoms with Gasteiger partial charge in [0.2, 0.25) is 0 Å². The van der Waals surface area contributed by atoms with Crippen molar-refractivity contribution in [2.75, 3.05) is 0 Å². The van der Waals surface area contributed by atoms with Crippen LogP contribution in [-0.4, -0.2) is 11.2 Å². The Balaban J connectivity index is 2.53. The average Bonchev–Trinajstić information content (AvgIpc) is 2.18. The molecule has 2 N–H and O–H groups in total. The highest BCUT2D eigenvalue weighted by atomic mass is 33.1. The number of benzene rings is 1. The molecule has 76 valence electrons. The van der Waals surface area contributed by atoms with Gasteiger partial charge in [-0.15, -0.1) is 0 Å². The molecule has 0 unspecified atom stereocenters. The smallest absolute Gasteiger partial charge is 0.415 e. The Kier molecular flexibility index (Phi) is 4.69. The van der Waals surface area contributed by atoms with Crippen LogP contribution in [0.5, 0.6) is 0 Å². The Morgan fingerprint density at radius 1 is 1.50 bits per heavy atom. The first-order valence-corrected chi connectivity index (χ1v) is 6.29. The minimum Gasteiger partial charge on any atom is -0.464 e. The van der Waals surface area contributed by atoms with Crippen molar-refractivity contribution in [2.45, 2.75) is 18.2 Å². The number of nitrogens with one attached hydrogen (secondary N) is 1. The predicted octanol–water partition coefficient (Wildman–Crippen LogP) is 3.17. The van der Waals surface area contributed by atoms with Gasteiger partial charge in [0.15, 0.2) is 0 Å². The number of rotatable bonds is 4. The molecule has 0 aliphatic carbocycles. The average molecular weight is 229 g/mol. The van der Waals surface area contributed by atoms with E-state index in [0.29, 0.717) is 0 Å². The minimum atomic E-state index is -1.02. The first-order chi connectivity index (χ1) is 6.74. The third-order valence-electron chi connectivity index (χ3n) is 1.61. The lowest BCUT2D eigenvalue weighted by atomic mass is 10.2. The second-order valence-corrected chi connectivity index (χ2v) is 4.51. The minimum absolute atomic E-state index is 0.955. The fourth-order valence-electron chi connectivity index (χ4n) is 0.979. The van der Waals surface area contributed by atoms with Gasteiger partial charge in [-0.2, -0.15) is 0 Å². The van der Waals surface area contributed by atoms with Crippen LogP contribution < -0.4 is 4.72 Å². The van der Waals surface area contributed by atoms with Crippen LogP contribution in [0.4, 0.5) is 4.79 Å². The Labute approximate surface area is 90.8 Å². The van der Waals surface area contributed by atoms with Crippen LogP contribution in [0.3, 0.4) is 0 Å². The van der Waals surface area contributed by atoms with Gasteiger partial charge >= 0.3 is 6.09 Å². The van der Waals surface area contributed by atoms with Crippen molar-refractivity contribution in [1.29, 1.82) is 0 Å². The van der Waals surface area contributed by atoms with E-state index in [1.165, 1.54) is 16.4 Å². The molecule has 0 atom stereocenters. The number of carbonyl (C=O) groups is 1.